The number of thiazole rings is 1. The van der Waals surface area contributed by atoms with Crippen LogP contribution in [-0.2, 0) is 27.3 Å². The first-order valence-corrected chi connectivity index (χ1v) is 13.0. The zero-order valence-corrected chi connectivity index (χ0v) is 19.3. The molecular weight excluding hydrogens is 478 g/mol. The fourth-order valence-corrected chi connectivity index (χ4v) is 5.78. The van der Waals surface area contributed by atoms with Gasteiger partial charge in [-0.15, -0.1) is 21.5 Å². The molecule has 14 heteroatoms. The summed E-state index contributed by atoms with van der Waals surface area (Å²) in [4.78, 5) is 8.57. The highest BCUT2D eigenvalue weighted by molar-refractivity contribution is 7.91. The molecule has 0 bridgehead atoms. The van der Waals surface area contributed by atoms with Crippen molar-refractivity contribution in [2.45, 2.75) is 11.8 Å². The quantitative estimate of drug-likeness (QED) is 0.344. The largest absolute Gasteiger partial charge is 0.481 e. The molecule has 0 spiro atoms. The number of sulfone groups is 1. The summed E-state index contributed by atoms with van der Waals surface area (Å²) in [6, 6.07) is 9.21. The third-order valence-electron chi connectivity index (χ3n) is 4.40. The van der Waals surface area contributed by atoms with Crippen LogP contribution in [0.1, 0.15) is 22.0 Å². The van der Waals surface area contributed by atoms with E-state index in [1.54, 1.807) is 18.3 Å². The predicted octanol–water partition coefficient (Wildman–Crippen LogP) is 1.50. The van der Waals surface area contributed by atoms with Gasteiger partial charge in [-0.1, -0.05) is 6.07 Å². The van der Waals surface area contributed by atoms with Crippen LogP contribution in [0.3, 0.4) is 0 Å². The minimum Gasteiger partial charge on any atom is -0.481 e. The second-order valence-electron chi connectivity index (χ2n) is 6.66. The summed E-state index contributed by atoms with van der Waals surface area (Å²) in [7, 11) is -5.04. The van der Waals surface area contributed by atoms with Crippen molar-refractivity contribution >= 4 is 42.3 Å². The van der Waals surface area contributed by atoms with Gasteiger partial charge in [0, 0.05) is 18.5 Å². The molecule has 1 aromatic carbocycles. The van der Waals surface area contributed by atoms with Gasteiger partial charge in [0.2, 0.25) is 28.6 Å². The number of methoxy groups -OCH3 is 1. The van der Waals surface area contributed by atoms with Gasteiger partial charge < -0.3 is 9.15 Å². The van der Waals surface area contributed by atoms with Crippen molar-refractivity contribution in [3.63, 3.8) is 0 Å². The maximum atomic E-state index is 12.5. The Morgan fingerprint density at radius 2 is 1.97 bits per heavy atom. The number of nitrogens with one attached hydrogen (secondary N) is 1. The number of hydrogen-bond donors (Lipinski definition) is 2. The van der Waals surface area contributed by atoms with Crippen LogP contribution >= 0.6 is 11.3 Å². The molecule has 32 heavy (non-hydrogen) atoms. The van der Waals surface area contributed by atoms with E-state index in [4.69, 9.17) is 9.15 Å². The molecule has 0 saturated carbocycles. The lowest BCUT2D eigenvalue weighted by Gasteiger charge is -2.07. The van der Waals surface area contributed by atoms with Crippen LogP contribution in [0.4, 0.5) is 0 Å². The topological polar surface area (TPSA) is 154 Å². The highest BCUT2D eigenvalue weighted by Crippen LogP contribution is 2.36. The van der Waals surface area contributed by atoms with Gasteiger partial charge in [-0.2, -0.15) is 0 Å². The molecule has 4 aromatic rings. The maximum absolute atomic E-state index is 12.5. The molecule has 11 nitrogen and oxygen atoms in total. The second-order valence-corrected chi connectivity index (χ2v) is 10.7. The highest BCUT2D eigenvalue weighted by Gasteiger charge is 2.33. The monoisotopic (exact) mass is 495 g/mol. The number of ether oxygens (including phenoxy) is 1. The SMILES string of the molecule is COc1cc(-c2ccc3nc(C(c4nnc(CN[SH](=O)=O)o4)S(C)(=O)=O)sc3c2)ccn1. The fourth-order valence-electron chi connectivity index (χ4n) is 2.98. The Hall–Kier alpha value is -2.94. The van der Waals surface area contributed by atoms with Gasteiger partial charge >= 0.3 is 0 Å². The maximum Gasteiger partial charge on any atom is 0.241 e. The van der Waals surface area contributed by atoms with E-state index >= 15 is 0 Å². The van der Waals surface area contributed by atoms with Crippen LogP contribution in [-0.4, -0.2) is 50.4 Å². The van der Waals surface area contributed by atoms with Crippen molar-refractivity contribution in [1.29, 1.82) is 0 Å². The Labute approximate surface area is 188 Å². The van der Waals surface area contributed by atoms with E-state index in [1.807, 2.05) is 18.2 Å². The zero-order valence-electron chi connectivity index (χ0n) is 16.8. The number of pyridine rings is 1. The Morgan fingerprint density at radius 3 is 2.69 bits per heavy atom. The minimum absolute atomic E-state index is 0.0529. The molecule has 1 unspecified atom stereocenters. The zero-order chi connectivity index (χ0) is 22.9. The molecule has 3 heterocycles. The van der Waals surface area contributed by atoms with Crippen molar-refractivity contribution in [2.24, 2.45) is 0 Å². The first-order valence-electron chi connectivity index (χ1n) is 9.04. The van der Waals surface area contributed by atoms with E-state index < -0.39 is 26.0 Å². The lowest BCUT2D eigenvalue weighted by molar-refractivity contribution is 0.398. The summed E-state index contributed by atoms with van der Waals surface area (Å²) < 4.78 is 59.9. The molecule has 0 amide bonds. The van der Waals surface area contributed by atoms with Crippen molar-refractivity contribution in [1.82, 2.24) is 24.9 Å². The molecule has 3 aromatic heterocycles. The first kappa shape index (κ1) is 22.3. The third-order valence-corrected chi connectivity index (χ3v) is 7.33. The summed E-state index contributed by atoms with van der Waals surface area (Å²) in [5.41, 5.74) is 2.40. The summed E-state index contributed by atoms with van der Waals surface area (Å²) in [6.07, 6.45) is 2.69. The van der Waals surface area contributed by atoms with Crippen LogP contribution in [0.25, 0.3) is 21.3 Å². The Morgan fingerprint density at radius 1 is 1.19 bits per heavy atom. The van der Waals surface area contributed by atoms with Crippen molar-refractivity contribution in [3.05, 3.63) is 53.3 Å². The molecule has 0 radical (unpaired) electrons. The Balaban J connectivity index is 1.72. The molecule has 0 aliphatic heterocycles. The van der Waals surface area contributed by atoms with E-state index in [9.17, 15) is 16.8 Å². The van der Waals surface area contributed by atoms with Gasteiger partial charge in [0.25, 0.3) is 0 Å². The highest BCUT2D eigenvalue weighted by atomic mass is 32.2. The average Bonchev–Trinajstić information content (AvgIpc) is 3.37. The Bertz CT molecular complexity index is 1450. The van der Waals surface area contributed by atoms with Gasteiger partial charge in [-0.3, -0.25) is 0 Å². The molecule has 1 N–H and O–H groups in total. The lowest BCUT2D eigenvalue weighted by atomic mass is 10.1. The summed E-state index contributed by atoms with van der Waals surface area (Å²) >= 11 is 1.20. The van der Waals surface area contributed by atoms with Crippen molar-refractivity contribution in [2.75, 3.05) is 13.4 Å². The second kappa shape index (κ2) is 8.90. The molecule has 1 atom stereocenters. The molecule has 0 aliphatic rings. The van der Waals surface area contributed by atoms with E-state index in [1.165, 1.54) is 18.4 Å². The van der Waals surface area contributed by atoms with Gasteiger partial charge in [0.1, 0.15) is 5.01 Å². The van der Waals surface area contributed by atoms with Gasteiger partial charge in [-0.05, 0) is 29.3 Å². The van der Waals surface area contributed by atoms with Crippen LogP contribution in [0.15, 0.2) is 40.9 Å². The molecule has 0 aliphatic carbocycles. The Kier molecular flexibility index (Phi) is 6.19. The normalized spacial score (nSPS) is 13.0. The van der Waals surface area contributed by atoms with E-state index in [2.05, 4.69) is 24.9 Å². The van der Waals surface area contributed by atoms with Crippen molar-refractivity contribution < 1.29 is 26.0 Å². The smallest absolute Gasteiger partial charge is 0.241 e. The predicted molar refractivity (Wildman–Crippen MR) is 118 cm³/mol. The van der Waals surface area contributed by atoms with Crippen LogP contribution in [0.5, 0.6) is 5.88 Å². The number of thiol groups is 1. The number of benzene rings is 1. The first-order chi connectivity index (χ1) is 15.2. The van der Waals surface area contributed by atoms with Gasteiger partial charge in [0.05, 0.1) is 23.9 Å². The number of fused-ring (bicyclic) bond motifs is 1. The summed E-state index contributed by atoms with van der Waals surface area (Å²) in [5.74, 6) is 0.249. The molecule has 168 valence electrons. The molecular formula is C18H17N5O6S3. The summed E-state index contributed by atoms with van der Waals surface area (Å²) in [5, 5.41) is 6.52. The fraction of sp³-hybridized carbons (Fsp3) is 0.222. The number of aromatic nitrogens is 4. The average molecular weight is 496 g/mol. The third kappa shape index (κ3) is 4.77. The van der Waals surface area contributed by atoms with Crippen LogP contribution in [0, 0.1) is 0 Å². The minimum atomic E-state index is -3.72. The molecule has 4 rings (SSSR count). The van der Waals surface area contributed by atoms with E-state index in [0.29, 0.717) is 11.4 Å². The van der Waals surface area contributed by atoms with E-state index in [0.717, 1.165) is 22.1 Å². The standard InChI is InChI=1S/C18H17N5O6S3/c1-28-14-8-11(5-6-19-14)10-3-4-12-13(7-10)30-18(21-12)16(32(2,26)27)17-23-22-15(29-17)9-20-31(24)25/h3-8,16,31H,9H2,1-2H3,(H,20,24,25). The number of hydrogen-bond acceptors (Lipinski definition) is 11. The van der Waals surface area contributed by atoms with Gasteiger partial charge in [0.15, 0.2) is 15.1 Å². The van der Waals surface area contributed by atoms with Crippen molar-refractivity contribution in [3.8, 4) is 17.0 Å². The van der Waals surface area contributed by atoms with Crippen LogP contribution < -0.4 is 9.46 Å². The van der Waals surface area contributed by atoms with Crippen LogP contribution in [0.2, 0.25) is 0 Å². The lowest BCUT2D eigenvalue weighted by Crippen LogP contribution is -2.13. The number of nitrogens with zero attached hydrogens (tertiary/aromatic N) is 4. The van der Waals surface area contributed by atoms with Gasteiger partial charge in [-0.25, -0.2) is 31.5 Å². The summed E-state index contributed by atoms with van der Waals surface area (Å²) in [6.45, 7) is -0.235. The van der Waals surface area contributed by atoms with E-state index in [-0.39, 0.29) is 23.3 Å². The number of rotatable bonds is 8. The molecule has 0 saturated heterocycles. The molecule has 0 fully saturated rings.